The number of rotatable bonds is 10. The third-order valence-corrected chi connectivity index (χ3v) is 14.9. The van der Waals surface area contributed by atoms with Gasteiger partial charge in [0, 0.05) is 61.5 Å². The fraction of sp³-hybridized carbons (Fsp3) is 0.543. The number of alkyl halides is 2. The monoisotopic (exact) mass is 876 g/mol. The first-order valence-corrected chi connectivity index (χ1v) is 23.1. The summed E-state index contributed by atoms with van der Waals surface area (Å²) in [5.41, 5.74) is 2.20. The molecule has 5 aromatic rings. The summed E-state index contributed by atoms with van der Waals surface area (Å²) in [5, 5.41) is 15.9. The van der Waals surface area contributed by atoms with Gasteiger partial charge in [-0.1, -0.05) is 18.2 Å². The van der Waals surface area contributed by atoms with E-state index in [0.717, 1.165) is 119 Å². The second-order valence-corrected chi connectivity index (χ2v) is 18.6. The van der Waals surface area contributed by atoms with Crippen LogP contribution < -0.4 is 20.4 Å². The number of urea groups is 1. The molecular weight excluding hydrogens is 823 g/mol. The van der Waals surface area contributed by atoms with Crippen molar-refractivity contribution in [2.75, 3.05) is 67.5 Å². The number of fused-ring (bicyclic) bond motifs is 4. The minimum absolute atomic E-state index is 0.00987. The first-order valence-electron chi connectivity index (χ1n) is 23.1. The topological polar surface area (TPSA) is 158 Å². The summed E-state index contributed by atoms with van der Waals surface area (Å²) < 4.78 is 37.6. The average Bonchev–Trinajstić information content (AvgIpc) is 4.14. The molecule has 336 valence electrons. The second-order valence-electron chi connectivity index (χ2n) is 18.6. The fourth-order valence-corrected chi connectivity index (χ4v) is 11.5. The summed E-state index contributed by atoms with van der Waals surface area (Å²) in [6, 6.07) is 8.63. The molecule has 5 aliphatic heterocycles. The van der Waals surface area contributed by atoms with E-state index in [4.69, 9.17) is 9.72 Å². The minimum atomic E-state index is -2.84. The Labute approximate surface area is 369 Å². The van der Waals surface area contributed by atoms with Gasteiger partial charge in [-0.3, -0.25) is 29.5 Å². The molecule has 2 atom stereocenters. The second kappa shape index (κ2) is 17.1. The number of ether oxygens (including phenoxy) is 1. The van der Waals surface area contributed by atoms with Crippen LogP contribution >= 0.6 is 0 Å². The number of piperidine rings is 2. The zero-order valence-electron chi connectivity index (χ0n) is 35.8. The highest BCUT2D eigenvalue weighted by molar-refractivity contribution is 6.10. The number of benzene rings is 1. The van der Waals surface area contributed by atoms with Crippen molar-refractivity contribution in [3.8, 4) is 0 Å². The molecule has 1 aliphatic carbocycles. The zero-order chi connectivity index (χ0) is 43.5. The molecular formula is C46H54F2N12O4. The summed E-state index contributed by atoms with van der Waals surface area (Å²) in [7, 11) is 0. The zero-order valence-corrected chi connectivity index (χ0v) is 35.8. The van der Waals surface area contributed by atoms with Gasteiger partial charge in [0.1, 0.15) is 11.4 Å². The third kappa shape index (κ3) is 7.86. The predicted molar refractivity (Wildman–Crippen MR) is 235 cm³/mol. The van der Waals surface area contributed by atoms with Crippen LogP contribution in [0.3, 0.4) is 0 Å². The lowest BCUT2D eigenvalue weighted by atomic mass is 9.84. The summed E-state index contributed by atoms with van der Waals surface area (Å²) >= 11 is 0. The van der Waals surface area contributed by atoms with E-state index in [9.17, 15) is 23.2 Å². The van der Waals surface area contributed by atoms with Crippen LogP contribution in [0.5, 0.6) is 0 Å². The summed E-state index contributed by atoms with van der Waals surface area (Å²) in [4.78, 5) is 56.4. The van der Waals surface area contributed by atoms with Gasteiger partial charge >= 0.3 is 6.03 Å². The van der Waals surface area contributed by atoms with Gasteiger partial charge in [0.2, 0.25) is 5.91 Å². The first kappa shape index (κ1) is 41.1. The van der Waals surface area contributed by atoms with Gasteiger partial charge in [-0.2, -0.15) is 10.2 Å². The van der Waals surface area contributed by atoms with E-state index in [1.165, 1.54) is 16.3 Å². The number of pyridine rings is 1. The van der Waals surface area contributed by atoms with Crippen LogP contribution in [0.25, 0.3) is 16.4 Å². The minimum Gasteiger partial charge on any atom is -0.374 e. The lowest BCUT2D eigenvalue weighted by Gasteiger charge is -2.43. The Morgan fingerprint density at radius 2 is 1.73 bits per heavy atom. The third-order valence-electron chi connectivity index (χ3n) is 14.9. The Hall–Kier alpha value is -5.59. The van der Waals surface area contributed by atoms with Crippen LogP contribution in [0.1, 0.15) is 104 Å². The molecule has 16 nitrogen and oxygen atoms in total. The number of likely N-dealkylation sites (tertiary alicyclic amines) is 2. The van der Waals surface area contributed by atoms with E-state index >= 15 is 0 Å². The number of imide groups is 1. The summed E-state index contributed by atoms with van der Waals surface area (Å²) in [6.45, 7) is 7.07. The number of carbonyl (C=O) groups excluding carboxylic acids is 3. The standard InChI is InChI=1S/C46H54F2N12O4/c47-43(48)42-38(51-45(62)37-22-50-59-19-12-40(52-44(37)59)58-25-33-20-32(58)27-64-33)26-60(54-42)31-6-4-28(5-7-31)24-55-14-10-30(11-15-55)56-16-8-29(9-17-56)34-2-1-3-35-36(34)21-49-23-39(35)57-18-13-41(61)53-46(57)63/h1-3,12,19,21-23,26,28-33,43H,4-11,13-18,20,24-25,27H2,(H,51,62)(H,53,61,63)/t28?,31?,32-,33-/m1/s1. The highest BCUT2D eigenvalue weighted by Gasteiger charge is 2.40. The number of nitrogens with zero attached hydrogens (tertiary/aromatic N) is 10. The lowest BCUT2D eigenvalue weighted by molar-refractivity contribution is -0.120. The summed E-state index contributed by atoms with van der Waals surface area (Å²) in [6.07, 6.45) is 15.1. The molecule has 1 saturated carbocycles. The number of anilines is 3. The van der Waals surface area contributed by atoms with E-state index in [0.29, 0.717) is 36.7 Å². The number of hydrogen-bond acceptors (Lipinski definition) is 11. The van der Waals surface area contributed by atoms with Gasteiger partial charge in [0.15, 0.2) is 11.3 Å². The molecule has 0 spiro atoms. The van der Waals surface area contributed by atoms with Crippen molar-refractivity contribution < 1.29 is 27.9 Å². The molecule has 9 heterocycles. The Kier molecular flexibility index (Phi) is 11.0. The van der Waals surface area contributed by atoms with Crippen molar-refractivity contribution in [2.24, 2.45) is 5.92 Å². The van der Waals surface area contributed by atoms with Crippen LogP contribution in [0.4, 0.5) is 30.8 Å². The van der Waals surface area contributed by atoms with Crippen molar-refractivity contribution in [1.29, 1.82) is 0 Å². The highest BCUT2D eigenvalue weighted by Crippen LogP contribution is 2.39. The SMILES string of the molecule is O=C1CCN(c2cncc3c(C4CCN(C5CCN(CC6CCC(n7cc(NC(=O)c8cnn9ccc(N%10C[C@H]%11C[C@@H]%10CO%11)nc89)c(C(F)F)n7)CC6)CC5)CC4)cccc23)C(=O)N1. The number of carbonyl (C=O) groups is 3. The van der Waals surface area contributed by atoms with Gasteiger partial charge in [-0.15, -0.1) is 0 Å². The van der Waals surface area contributed by atoms with Crippen LogP contribution in [-0.4, -0.2) is 128 Å². The Bertz CT molecular complexity index is 2560. The number of halogens is 2. The molecule has 6 fully saturated rings. The van der Waals surface area contributed by atoms with Crippen LogP contribution in [-0.2, 0) is 9.53 Å². The van der Waals surface area contributed by atoms with E-state index in [-0.39, 0.29) is 41.8 Å². The Balaban J connectivity index is 0.657. The molecule has 2 N–H and O–H groups in total. The maximum absolute atomic E-state index is 14.3. The Morgan fingerprint density at radius 3 is 2.48 bits per heavy atom. The molecule has 0 unspecified atom stereocenters. The molecule has 4 amide bonds. The van der Waals surface area contributed by atoms with Crippen molar-refractivity contribution in [2.45, 2.75) is 101 Å². The van der Waals surface area contributed by atoms with E-state index in [2.05, 4.69) is 52.6 Å². The van der Waals surface area contributed by atoms with Crippen molar-refractivity contribution >= 4 is 51.5 Å². The van der Waals surface area contributed by atoms with Gasteiger partial charge in [-0.25, -0.2) is 23.1 Å². The molecule has 64 heavy (non-hydrogen) atoms. The molecule has 18 heteroatoms. The van der Waals surface area contributed by atoms with Crippen molar-refractivity contribution in [1.82, 2.24) is 44.5 Å². The highest BCUT2D eigenvalue weighted by atomic mass is 19.3. The lowest BCUT2D eigenvalue weighted by Crippen LogP contribution is -2.49. The largest absolute Gasteiger partial charge is 0.374 e. The Morgan fingerprint density at radius 1 is 0.906 bits per heavy atom. The smallest absolute Gasteiger partial charge is 0.328 e. The number of aromatic nitrogens is 6. The number of nitrogens with one attached hydrogen (secondary N) is 2. The van der Waals surface area contributed by atoms with Crippen LogP contribution in [0.15, 0.2) is 55.2 Å². The molecule has 2 bridgehead atoms. The molecule has 4 aromatic heterocycles. The number of morpholine rings is 1. The average molecular weight is 877 g/mol. The molecule has 1 aromatic carbocycles. The van der Waals surface area contributed by atoms with E-state index < -0.39 is 24.1 Å². The predicted octanol–water partition coefficient (Wildman–Crippen LogP) is 6.16. The van der Waals surface area contributed by atoms with Crippen molar-refractivity contribution in [3.63, 3.8) is 0 Å². The van der Waals surface area contributed by atoms with E-state index in [1.807, 2.05) is 18.3 Å². The molecule has 11 rings (SSSR count). The normalized spacial score (nSPS) is 25.3. The maximum Gasteiger partial charge on any atom is 0.328 e. The molecule has 6 aliphatic rings. The fourth-order valence-electron chi connectivity index (χ4n) is 11.5. The van der Waals surface area contributed by atoms with Gasteiger partial charge in [0.05, 0.1) is 48.6 Å². The van der Waals surface area contributed by atoms with Gasteiger partial charge in [-0.05, 0) is 107 Å². The molecule has 0 radical (unpaired) electrons. The van der Waals surface area contributed by atoms with Gasteiger partial charge in [0.25, 0.3) is 12.3 Å². The van der Waals surface area contributed by atoms with E-state index in [1.54, 1.807) is 28.2 Å². The summed E-state index contributed by atoms with van der Waals surface area (Å²) in [5.74, 6) is 0.909. The quantitative estimate of drug-likeness (QED) is 0.166. The number of hydrogen-bond donors (Lipinski definition) is 2. The maximum atomic E-state index is 14.3. The first-order chi connectivity index (χ1) is 31.2. The number of amides is 4. The van der Waals surface area contributed by atoms with Gasteiger partial charge < -0.3 is 24.8 Å². The van der Waals surface area contributed by atoms with Crippen LogP contribution in [0.2, 0.25) is 0 Å². The van der Waals surface area contributed by atoms with Crippen LogP contribution in [0, 0.1) is 5.92 Å². The molecule has 5 saturated heterocycles. The van der Waals surface area contributed by atoms with Crippen molar-refractivity contribution in [3.05, 3.63) is 72.1 Å².